The fourth-order valence-corrected chi connectivity index (χ4v) is 3.61. The van der Waals surface area contributed by atoms with Crippen molar-refractivity contribution in [2.45, 2.75) is 11.4 Å². The van der Waals surface area contributed by atoms with Crippen LogP contribution in [0.3, 0.4) is 0 Å². The molecule has 0 saturated carbocycles. The number of pyridine rings is 1. The lowest BCUT2D eigenvalue weighted by Crippen LogP contribution is -2.29. The van der Waals surface area contributed by atoms with Crippen molar-refractivity contribution in [2.75, 3.05) is 0 Å². The van der Waals surface area contributed by atoms with Crippen LogP contribution in [0.1, 0.15) is 5.56 Å². The zero-order valence-electron chi connectivity index (χ0n) is 8.96. The maximum absolute atomic E-state index is 11.0. The first-order valence-electron chi connectivity index (χ1n) is 4.56. The molecule has 96 valence electrons. The molecular weight excluding hydrogens is 269 g/mol. The Balaban J connectivity index is 3.09. The summed E-state index contributed by atoms with van der Waals surface area (Å²) in [4.78, 5) is 15.7. The molecule has 0 fully saturated rings. The van der Waals surface area contributed by atoms with Gasteiger partial charge in [-0.1, -0.05) is 0 Å². The summed E-state index contributed by atoms with van der Waals surface area (Å²) in [6.45, 7) is 0. The normalized spacial score (nSPS) is 14.6. The Morgan fingerprint density at radius 1 is 1.47 bits per heavy atom. The Kier molecular flexibility index (Phi) is 4.06. The molecule has 0 aliphatic rings. The second-order valence-corrected chi connectivity index (χ2v) is 7.39. The van der Waals surface area contributed by atoms with Gasteiger partial charge in [0.05, 0.1) is 0 Å². The molecule has 0 radical (unpaired) electrons. The Morgan fingerprint density at radius 2 is 2.06 bits per heavy atom. The van der Waals surface area contributed by atoms with Gasteiger partial charge in [-0.15, -0.1) is 0 Å². The smallest absolute Gasteiger partial charge is 0.323 e. The van der Waals surface area contributed by atoms with E-state index in [1.807, 2.05) is 0 Å². The molecule has 0 aliphatic carbocycles. The standard InChI is InChI=1S/C8H12NO6PS/c1-9-4-2-3-7(6-9)5-8(16(10,11)12)17(13,14)15/h2-4,6,8H,5H2,1H3,(H2-,10,11,12,13,14,15)/p+1. The Hall–Kier alpha value is -0.790. The van der Waals surface area contributed by atoms with Crippen molar-refractivity contribution in [1.82, 2.24) is 0 Å². The Morgan fingerprint density at radius 3 is 2.47 bits per heavy atom. The highest BCUT2D eigenvalue weighted by Gasteiger charge is 2.40. The molecule has 9 heteroatoms. The van der Waals surface area contributed by atoms with Crippen LogP contribution in [-0.2, 0) is 28.2 Å². The Bertz CT molecular complexity index is 551. The van der Waals surface area contributed by atoms with E-state index in [-0.39, 0.29) is 0 Å². The van der Waals surface area contributed by atoms with Gasteiger partial charge in [0, 0.05) is 18.1 Å². The summed E-state index contributed by atoms with van der Waals surface area (Å²) in [6.07, 6.45) is 2.76. The molecule has 1 atom stereocenters. The van der Waals surface area contributed by atoms with Crippen LogP contribution in [0, 0.1) is 0 Å². The molecular formula is C8H13NO6PS+. The van der Waals surface area contributed by atoms with Crippen molar-refractivity contribution < 1.29 is 31.9 Å². The van der Waals surface area contributed by atoms with E-state index in [1.54, 1.807) is 23.9 Å². The van der Waals surface area contributed by atoms with Crippen LogP contribution < -0.4 is 4.57 Å². The first-order chi connectivity index (χ1) is 7.60. The Labute approximate surface area is 98.6 Å². The quantitative estimate of drug-likeness (QED) is 0.387. The molecule has 1 aromatic heterocycles. The van der Waals surface area contributed by atoms with E-state index in [4.69, 9.17) is 14.3 Å². The van der Waals surface area contributed by atoms with Crippen molar-refractivity contribution in [1.29, 1.82) is 0 Å². The number of aromatic nitrogens is 1. The molecule has 1 aromatic rings. The largest absolute Gasteiger partial charge is 0.346 e. The second kappa shape index (κ2) is 4.83. The summed E-state index contributed by atoms with van der Waals surface area (Å²) in [5.74, 6) is 0. The summed E-state index contributed by atoms with van der Waals surface area (Å²) < 4.78 is 43.3. The molecule has 7 nitrogen and oxygen atoms in total. The summed E-state index contributed by atoms with van der Waals surface area (Å²) in [5.41, 5.74) is 0.404. The first kappa shape index (κ1) is 14.3. The van der Waals surface area contributed by atoms with E-state index < -0.39 is 29.1 Å². The van der Waals surface area contributed by atoms with E-state index >= 15 is 0 Å². The number of nitrogens with zero attached hydrogens (tertiary/aromatic N) is 1. The second-order valence-electron chi connectivity index (χ2n) is 3.64. The fourth-order valence-electron chi connectivity index (χ4n) is 1.37. The zero-order chi connectivity index (χ0) is 13.3. The molecule has 0 aliphatic heterocycles. The van der Waals surface area contributed by atoms with Crippen LogP contribution >= 0.6 is 7.60 Å². The minimum atomic E-state index is -4.93. The van der Waals surface area contributed by atoms with Crippen LogP contribution in [0.4, 0.5) is 0 Å². The first-order valence-corrected chi connectivity index (χ1v) is 7.75. The zero-order valence-corrected chi connectivity index (χ0v) is 10.7. The third-order valence-electron chi connectivity index (χ3n) is 2.13. The lowest BCUT2D eigenvalue weighted by atomic mass is 10.2. The SMILES string of the molecule is C[n+]1cccc(CC(P(=O)(O)O)S(=O)(=O)O)c1. The van der Waals surface area contributed by atoms with Gasteiger partial charge in [-0.25, -0.2) is 4.57 Å². The number of hydrogen-bond acceptors (Lipinski definition) is 3. The molecule has 17 heavy (non-hydrogen) atoms. The highest BCUT2D eigenvalue weighted by Crippen LogP contribution is 2.45. The van der Waals surface area contributed by atoms with Crippen LogP contribution in [0.2, 0.25) is 0 Å². The van der Waals surface area contributed by atoms with E-state index in [9.17, 15) is 13.0 Å². The molecule has 1 rings (SSSR count). The van der Waals surface area contributed by atoms with Gasteiger partial charge < -0.3 is 9.79 Å². The topological polar surface area (TPSA) is 116 Å². The van der Waals surface area contributed by atoms with Crippen molar-refractivity contribution in [3.05, 3.63) is 30.1 Å². The summed E-state index contributed by atoms with van der Waals surface area (Å²) in [6, 6.07) is 3.13. The molecule has 1 unspecified atom stereocenters. The van der Waals surface area contributed by atoms with Gasteiger partial charge in [0.2, 0.25) is 0 Å². The fraction of sp³-hybridized carbons (Fsp3) is 0.375. The number of hydrogen-bond donors (Lipinski definition) is 3. The van der Waals surface area contributed by atoms with E-state index in [1.165, 1.54) is 12.3 Å². The number of rotatable bonds is 4. The van der Waals surface area contributed by atoms with Crippen LogP contribution in [0.15, 0.2) is 24.5 Å². The third kappa shape index (κ3) is 4.18. The molecule has 1 heterocycles. The van der Waals surface area contributed by atoms with Crippen LogP contribution in [-0.4, -0.2) is 27.7 Å². The van der Waals surface area contributed by atoms with Crippen molar-refractivity contribution in [3.63, 3.8) is 0 Å². The van der Waals surface area contributed by atoms with Crippen molar-refractivity contribution >= 4 is 17.7 Å². The van der Waals surface area contributed by atoms with Crippen molar-refractivity contribution in [3.8, 4) is 0 Å². The van der Waals surface area contributed by atoms with Gasteiger partial charge >= 0.3 is 7.60 Å². The maximum Gasteiger partial charge on any atom is 0.346 e. The minimum Gasteiger partial charge on any atom is -0.323 e. The van der Waals surface area contributed by atoms with Gasteiger partial charge in [-0.3, -0.25) is 9.12 Å². The van der Waals surface area contributed by atoms with Crippen LogP contribution in [0.25, 0.3) is 0 Å². The van der Waals surface area contributed by atoms with Gasteiger partial charge in [0.25, 0.3) is 10.1 Å². The predicted molar refractivity (Wildman–Crippen MR) is 58.7 cm³/mol. The van der Waals surface area contributed by atoms with E-state index in [0.717, 1.165) is 0 Å². The maximum atomic E-state index is 11.0. The van der Waals surface area contributed by atoms with Gasteiger partial charge in [0.1, 0.15) is 7.05 Å². The molecule has 0 spiro atoms. The number of aryl methyl sites for hydroxylation is 1. The molecule has 0 bridgehead atoms. The van der Waals surface area contributed by atoms with Gasteiger partial charge in [-0.2, -0.15) is 8.42 Å². The van der Waals surface area contributed by atoms with Crippen LogP contribution in [0.5, 0.6) is 0 Å². The third-order valence-corrected chi connectivity index (χ3v) is 5.54. The van der Waals surface area contributed by atoms with E-state index in [2.05, 4.69) is 0 Å². The average molecular weight is 282 g/mol. The molecule has 0 aromatic carbocycles. The minimum absolute atomic E-state index is 0.404. The summed E-state index contributed by atoms with van der Waals surface area (Å²) in [5, 5.41) is 0. The predicted octanol–water partition coefficient (Wildman–Crippen LogP) is -0.555. The molecule has 0 saturated heterocycles. The summed E-state index contributed by atoms with van der Waals surface area (Å²) in [7, 11) is -8.05. The molecule has 0 amide bonds. The average Bonchev–Trinajstić information content (AvgIpc) is 2.10. The van der Waals surface area contributed by atoms with Crippen molar-refractivity contribution in [2.24, 2.45) is 7.05 Å². The lowest BCUT2D eigenvalue weighted by Gasteiger charge is -2.14. The highest BCUT2D eigenvalue weighted by molar-refractivity contribution is 7.93. The van der Waals surface area contributed by atoms with Gasteiger partial charge in [0.15, 0.2) is 17.4 Å². The summed E-state index contributed by atoms with van der Waals surface area (Å²) >= 11 is 0. The lowest BCUT2D eigenvalue weighted by molar-refractivity contribution is -0.671. The molecule has 3 N–H and O–H groups in total. The van der Waals surface area contributed by atoms with E-state index in [0.29, 0.717) is 5.56 Å². The highest BCUT2D eigenvalue weighted by atomic mass is 32.2. The van der Waals surface area contributed by atoms with Gasteiger partial charge in [-0.05, 0) is 6.07 Å². The monoisotopic (exact) mass is 282 g/mol.